The quantitative estimate of drug-likeness (QED) is 0.408. The highest BCUT2D eigenvalue weighted by Crippen LogP contribution is 2.25. The van der Waals surface area contributed by atoms with Gasteiger partial charge in [0.15, 0.2) is 0 Å². The Morgan fingerprint density at radius 2 is 1.76 bits per heavy atom. The van der Waals surface area contributed by atoms with Crippen molar-refractivity contribution in [3.63, 3.8) is 0 Å². The molecule has 0 radical (unpaired) electrons. The van der Waals surface area contributed by atoms with Crippen molar-refractivity contribution in [1.29, 1.82) is 0 Å². The molecule has 3 N–H and O–H groups in total. The number of benzene rings is 3. The van der Waals surface area contributed by atoms with E-state index in [0.29, 0.717) is 30.2 Å². The van der Waals surface area contributed by atoms with Crippen LogP contribution in [0.25, 0.3) is 0 Å². The molecule has 0 bridgehead atoms. The summed E-state index contributed by atoms with van der Waals surface area (Å²) in [5, 5.41) is 5.77. The molecule has 0 spiro atoms. The minimum atomic E-state index is -3.93. The summed E-state index contributed by atoms with van der Waals surface area (Å²) >= 11 is 6.14. The molecular formula is C23H25ClN2O5S2. The minimum Gasteiger partial charge on any atom is -0.497 e. The van der Waals surface area contributed by atoms with Crippen molar-refractivity contribution in [2.24, 2.45) is 5.14 Å². The molecule has 0 saturated heterocycles. The van der Waals surface area contributed by atoms with Crippen LogP contribution in [0.15, 0.2) is 71.6 Å². The minimum absolute atomic E-state index is 0.104. The SMILES string of the molecule is COc1ccc(CCOc2cc(Cl)ccc2CCS(=O)Nc2ccccc2S(N)(=O)=O)cc1. The molecule has 0 amide bonds. The maximum absolute atomic E-state index is 12.6. The Kier molecular flexibility index (Phi) is 8.74. The van der Waals surface area contributed by atoms with E-state index >= 15 is 0 Å². The van der Waals surface area contributed by atoms with Crippen LogP contribution in [-0.4, -0.2) is 32.1 Å². The monoisotopic (exact) mass is 508 g/mol. The Balaban J connectivity index is 1.60. The molecule has 0 aliphatic heterocycles. The van der Waals surface area contributed by atoms with E-state index in [1.807, 2.05) is 30.3 Å². The number of halogens is 1. The second-order valence-corrected chi connectivity index (χ2v) is 10.4. The predicted molar refractivity (Wildman–Crippen MR) is 132 cm³/mol. The first-order chi connectivity index (χ1) is 15.8. The fraction of sp³-hybridized carbons (Fsp3) is 0.217. The lowest BCUT2D eigenvalue weighted by Gasteiger charge is -2.13. The first-order valence-electron chi connectivity index (χ1n) is 10.1. The van der Waals surface area contributed by atoms with Gasteiger partial charge in [-0.1, -0.05) is 41.9 Å². The van der Waals surface area contributed by atoms with Crippen molar-refractivity contribution in [1.82, 2.24) is 0 Å². The Bertz CT molecular complexity index is 1220. The average molecular weight is 509 g/mol. The Labute approximate surface area is 201 Å². The third kappa shape index (κ3) is 7.46. The van der Waals surface area contributed by atoms with E-state index in [0.717, 1.165) is 16.9 Å². The normalized spacial score (nSPS) is 12.2. The van der Waals surface area contributed by atoms with Crippen molar-refractivity contribution in [3.05, 3.63) is 82.9 Å². The van der Waals surface area contributed by atoms with Crippen molar-refractivity contribution in [3.8, 4) is 11.5 Å². The molecule has 176 valence electrons. The lowest BCUT2D eigenvalue weighted by atomic mass is 10.1. The van der Waals surface area contributed by atoms with Gasteiger partial charge >= 0.3 is 0 Å². The van der Waals surface area contributed by atoms with Crippen LogP contribution in [0.1, 0.15) is 11.1 Å². The van der Waals surface area contributed by atoms with Gasteiger partial charge in [0, 0.05) is 17.2 Å². The highest BCUT2D eigenvalue weighted by Gasteiger charge is 2.15. The summed E-state index contributed by atoms with van der Waals surface area (Å²) < 4.78 is 49.9. The second-order valence-electron chi connectivity index (χ2n) is 7.14. The number of nitrogens with one attached hydrogen (secondary N) is 1. The van der Waals surface area contributed by atoms with Crippen molar-refractivity contribution >= 4 is 38.3 Å². The van der Waals surface area contributed by atoms with Crippen LogP contribution in [-0.2, 0) is 33.9 Å². The fourth-order valence-electron chi connectivity index (χ4n) is 3.12. The summed E-state index contributed by atoms with van der Waals surface area (Å²) in [4.78, 5) is -0.104. The number of methoxy groups -OCH3 is 1. The van der Waals surface area contributed by atoms with Gasteiger partial charge in [0.2, 0.25) is 10.0 Å². The number of hydrogen-bond donors (Lipinski definition) is 2. The van der Waals surface area contributed by atoms with E-state index < -0.39 is 21.0 Å². The molecule has 3 aromatic rings. The van der Waals surface area contributed by atoms with Gasteiger partial charge in [-0.2, -0.15) is 0 Å². The predicted octanol–water partition coefficient (Wildman–Crippen LogP) is 3.94. The Morgan fingerprint density at radius 3 is 2.45 bits per heavy atom. The van der Waals surface area contributed by atoms with E-state index in [-0.39, 0.29) is 16.3 Å². The summed E-state index contributed by atoms with van der Waals surface area (Å²) in [6, 6.07) is 19.2. The molecule has 0 aliphatic rings. The number of aryl methyl sites for hydroxylation is 1. The van der Waals surface area contributed by atoms with Crippen LogP contribution in [0.2, 0.25) is 5.02 Å². The molecule has 0 aliphatic carbocycles. The van der Waals surface area contributed by atoms with Gasteiger partial charge in [0.05, 0.1) is 19.4 Å². The van der Waals surface area contributed by atoms with Crippen LogP contribution >= 0.6 is 11.6 Å². The van der Waals surface area contributed by atoms with Crippen LogP contribution in [0.4, 0.5) is 5.69 Å². The molecule has 0 saturated carbocycles. The standard InChI is InChI=1S/C23H25ClN2O5S2/c1-30-20-10-6-17(7-11-20)12-14-31-22-16-19(24)9-8-18(22)13-15-32(27)26-21-4-2-3-5-23(21)33(25,28)29/h2-11,16,26H,12-15H2,1H3,(H2,25,28,29). The molecule has 33 heavy (non-hydrogen) atoms. The number of ether oxygens (including phenoxy) is 2. The topological polar surface area (TPSA) is 108 Å². The second kappa shape index (κ2) is 11.5. The Morgan fingerprint density at radius 1 is 1.03 bits per heavy atom. The molecule has 3 rings (SSSR count). The number of rotatable bonds is 11. The molecule has 0 aromatic heterocycles. The molecule has 7 nitrogen and oxygen atoms in total. The number of anilines is 1. The third-order valence-corrected chi connectivity index (χ3v) is 7.04. The number of para-hydroxylation sites is 1. The first-order valence-corrected chi connectivity index (χ1v) is 13.3. The van der Waals surface area contributed by atoms with E-state index in [1.54, 1.807) is 31.4 Å². The maximum atomic E-state index is 12.6. The number of hydrogen-bond acceptors (Lipinski definition) is 5. The largest absolute Gasteiger partial charge is 0.497 e. The van der Waals surface area contributed by atoms with Gasteiger partial charge < -0.3 is 14.2 Å². The summed E-state index contributed by atoms with van der Waals surface area (Å²) in [5.74, 6) is 1.65. The maximum Gasteiger partial charge on any atom is 0.240 e. The van der Waals surface area contributed by atoms with E-state index in [2.05, 4.69) is 4.72 Å². The molecule has 0 fully saturated rings. The molecule has 1 unspecified atom stereocenters. The summed E-state index contributed by atoms with van der Waals surface area (Å²) in [5.41, 5.74) is 2.16. The highest BCUT2D eigenvalue weighted by molar-refractivity contribution is 7.89. The van der Waals surface area contributed by atoms with E-state index in [9.17, 15) is 12.6 Å². The van der Waals surface area contributed by atoms with Crippen LogP contribution in [0.3, 0.4) is 0 Å². The molecule has 0 heterocycles. The van der Waals surface area contributed by atoms with Crippen molar-refractivity contribution < 1.29 is 22.1 Å². The summed E-state index contributed by atoms with van der Waals surface area (Å²) in [6.45, 7) is 0.447. The zero-order chi connectivity index (χ0) is 23.8. The lowest BCUT2D eigenvalue weighted by molar-refractivity contribution is 0.319. The summed E-state index contributed by atoms with van der Waals surface area (Å²) in [7, 11) is -3.85. The zero-order valence-electron chi connectivity index (χ0n) is 18.0. The molecule has 1 atom stereocenters. The van der Waals surface area contributed by atoms with Crippen molar-refractivity contribution in [2.45, 2.75) is 17.7 Å². The van der Waals surface area contributed by atoms with Gasteiger partial charge in [-0.15, -0.1) is 0 Å². The molecule has 3 aromatic carbocycles. The van der Waals surface area contributed by atoms with Gasteiger partial charge in [-0.25, -0.2) is 17.8 Å². The van der Waals surface area contributed by atoms with Gasteiger partial charge in [-0.3, -0.25) is 0 Å². The van der Waals surface area contributed by atoms with Gasteiger partial charge in [-0.05, 0) is 53.9 Å². The van der Waals surface area contributed by atoms with E-state index in [1.165, 1.54) is 12.1 Å². The first kappa shape index (κ1) is 25.0. The Hall–Kier alpha value is -2.59. The van der Waals surface area contributed by atoms with Gasteiger partial charge in [0.1, 0.15) is 27.4 Å². The molecule has 10 heteroatoms. The number of nitrogens with two attached hydrogens (primary N) is 1. The van der Waals surface area contributed by atoms with Crippen LogP contribution < -0.4 is 19.3 Å². The number of sulfonamides is 1. The zero-order valence-corrected chi connectivity index (χ0v) is 20.4. The van der Waals surface area contributed by atoms with Crippen molar-refractivity contribution in [2.75, 3.05) is 24.2 Å². The summed E-state index contributed by atoms with van der Waals surface area (Å²) in [6.07, 6.45) is 1.14. The smallest absolute Gasteiger partial charge is 0.240 e. The van der Waals surface area contributed by atoms with Crippen LogP contribution in [0, 0.1) is 0 Å². The molecular weight excluding hydrogens is 484 g/mol. The van der Waals surface area contributed by atoms with Gasteiger partial charge in [0.25, 0.3) is 0 Å². The lowest BCUT2D eigenvalue weighted by Crippen LogP contribution is -2.17. The average Bonchev–Trinajstić information content (AvgIpc) is 2.78. The third-order valence-electron chi connectivity index (χ3n) is 4.81. The van der Waals surface area contributed by atoms with Crippen LogP contribution in [0.5, 0.6) is 11.5 Å². The highest BCUT2D eigenvalue weighted by atomic mass is 35.5. The number of primary sulfonamides is 1. The fourth-order valence-corrected chi connectivity index (χ4v) is 4.97. The van der Waals surface area contributed by atoms with E-state index in [4.69, 9.17) is 26.2 Å².